The third-order valence-corrected chi connectivity index (χ3v) is 6.01. The topological polar surface area (TPSA) is 12.5 Å². The summed E-state index contributed by atoms with van der Waals surface area (Å²) >= 11 is 1.72. The Bertz CT molecular complexity index is 1100. The van der Waals surface area contributed by atoms with Crippen LogP contribution >= 0.6 is 11.3 Å². The Hall–Kier alpha value is -2.80. The van der Waals surface area contributed by atoms with Crippen LogP contribution in [0, 0.1) is 17.3 Å². The van der Waals surface area contributed by atoms with Gasteiger partial charge in [-0.2, -0.15) is 11.3 Å². The molecular formula is C31H37NOS. The van der Waals surface area contributed by atoms with Crippen molar-refractivity contribution in [1.82, 2.24) is 4.90 Å². The maximum Gasteiger partial charge on any atom is 0.120 e. The molecule has 0 N–H and O–H groups in total. The van der Waals surface area contributed by atoms with Crippen molar-refractivity contribution in [1.29, 1.82) is 0 Å². The third-order valence-electron chi connectivity index (χ3n) is 5.33. The highest BCUT2D eigenvalue weighted by Crippen LogP contribution is 2.24. The van der Waals surface area contributed by atoms with Crippen LogP contribution in [0.2, 0.25) is 0 Å². The minimum absolute atomic E-state index is 0.0396. The quantitative estimate of drug-likeness (QED) is 0.261. The van der Waals surface area contributed by atoms with Gasteiger partial charge in [0.25, 0.3) is 0 Å². The lowest BCUT2D eigenvalue weighted by Gasteiger charge is -2.21. The molecule has 2 nitrogen and oxygen atoms in total. The Morgan fingerprint density at radius 2 is 1.82 bits per heavy atom. The van der Waals surface area contributed by atoms with Crippen molar-refractivity contribution in [2.24, 2.45) is 5.41 Å². The van der Waals surface area contributed by atoms with E-state index in [1.807, 2.05) is 12.1 Å². The molecule has 0 aliphatic carbocycles. The first-order valence-corrected chi connectivity index (χ1v) is 13.1. The van der Waals surface area contributed by atoms with E-state index in [9.17, 15) is 0 Å². The second-order valence-electron chi connectivity index (χ2n) is 9.66. The smallest absolute Gasteiger partial charge is 0.120 e. The lowest BCUT2D eigenvalue weighted by atomic mass is 9.98. The fourth-order valence-corrected chi connectivity index (χ4v) is 4.23. The SMILES string of the molecule is CCCCN(C/C=C/C#CC(C)(C)C)Cc1cccc(OCc2cccc(-c3ccsc3)c2)c1. The molecule has 34 heavy (non-hydrogen) atoms. The maximum atomic E-state index is 6.16. The van der Waals surface area contributed by atoms with E-state index in [-0.39, 0.29) is 5.41 Å². The number of hydrogen-bond donors (Lipinski definition) is 0. The van der Waals surface area contributed by atoms with Gasteiger partial charge in [-0.05, 0) is 97.1 Å². The molecule has 2 aromatic carbocycles. The molecule has 0 saturated heterocycles. The Kier molecular flexibility index (Phi) is 10.0. The van der Waals surface area contributed by atoms with Crippen molar-refractivity contribution < 1.29 is 4.74 Å². The third kappa shape index (κ3) is 9.21. The summed E-state index contributed by atoms with van der Waals surface area (Å²) in [6, 6.07) is 19.3. The fraction of sp³-hybridized carbons (Fsp3) is 0.355. The highest BCUT2D eigenvalue weighted by molar-refractivity contribution is 7.08. The Labute approximate surface area is 210 Å². The first-order chi connectivity index (χ1) is 16.4. The number of ether oxygens (including phenoxy) is 1. The van der Waals surface area contributed by atoms with Crippen molar-refractivity contribution in [3.63, 3.8) is 0 Å². The molecular weight excluding hydrogens is 434 g/mol. The van der Waals surface area contributed by atoms with Crippen LogP contribution in [0.3, 0.4) is 0 Å². The van der Waals surface area contributed by atoms with Crippen molar-refractivity contribution in [2.45, 2.75) is 53.7 Å². The lowest BCUT2D eigenvalue weighted by Crippen LogP contribution is -2.24. The molecule has 0 amide bonds. The maximum absolute atomic E-state index is 6.16. The van der Waals surface area contributed by atoms with E-state index in [0.29, 0.717) is 6.61 Å². The van der Waals surface area contributed by atoms with Gasteiger partial charge in [-0.1, -0.05) is 61.6 Å². The Balaban J connectivity index is 1.59. The van der Waals surface area contributed by atoms with Gasteiger partial charge >= 0.3 is 0 Å². The molecule has 0 bridgehead atoms. The van der Waals surface area contributed by atoms with Crippen LogP contribution in [0.1, 0.15) is 51.7 Å². The molecule has 0 fully saturated rings. The van der Waals surface area contributed by atoms with E-state index in [0.717, 1.165) is 25.4 Å². The molecule has 3 heteroatoms. The van der Waals surface area contributed by atoms with Crippen LogP contribution < -0.4 is 4.74 Å². The summed E-state index contributed by atoms with van der Waals surface area (Å²) in [6.45, 7) is 12.1. The highest BCUT2D eigenvalue weighted by atomic mass is 32.1. The Morgan fingerprint density at radius 3 is 2.59 bits per heavy atom. The molecule has 0 aliphatic rings. The van der Waals surface area contributed by atoms with Crippen LogP contribution in [-0.2, 0) is 13.2 Å². The number of benzene rings is 2. The van der Waals surface area contributed by atoms with Crippen molar-refractivity contribution in [2.75, 3.05) is 13.1 Å². The number of rotatable bonds is 11. The minimum Gasteiger partial charge on any atom is -0.489 e. The summed E-state index contributed by atoms with van der Waals surface area (Å²) in [6.07, 6.45) is 6.55. The van der Waals surface area contributed by atoms with Gasteiger partial charge in [-0.25, -0.2) is 0 Å². The summed E-state index contributed by atoms with van der Waals surface area (Å²) < 4.78 is 6.16. The van der Waals surface area contributed by atoms with Gasteiger partial charge in [0.2, 0.25) is 0 Å². The van der Waals surface area contributed by atoms with E-state index in [1.165, 1.54) is 35.1 Å². The standard InChI is InChI=1S/C31H37NOS/c1-5-6-18-32(19-9-7-8-17-31(2,3)4)23-26-12-11-15-30(22-26)33-24-27-13-10-14-28(21-27)29-16-20-34-25-29/h7,9-16,20-22,25H,5-6,18-19,23-24H2,1-4H3/b9-7+. The zero-order chi connectivity index (χ0) is 24.2. The first kappa shape index (κ1) is 25.8. The molecule has 1 aromatic heterocycles. The molecule has 0 atom stereocenters. The van der Waals surface area contributed by atoms with E-state index < -0.39 is 0 Å². The molecule has 0 spiro atoms. The molecule has 178 valence electrons. The molecule has 0 saturated carbocycles. The molecule has 3 aromatic rings. The molecule has 0 unspecified atom stereocenters. The average molecular weight is 472 g/mol. The van der Waals surface area contributed by atoms with Gasteiger partial charge in [0, 0.05) is 18.5 Å². The summed E-state index contributed by atoms with van der Waals surface area (Å²) in [4.78, 5) is 2.47. The average Bonchev–Trinajstić information content (AvgIpc) is 3.36. The van der Waals surface area contributed by atoms with Gasteiger partial charge in [0.15, 0.2) is 0 Å². The number of allylic oxidation sites excluding steroid dienone is 1. The first-order valence-electron chi connectivity index (χ1n) is 12.2. The molecule has 1 heterocycles. The van der Waals surface area contributed by atoms with Gasteiger partial charge in [-0.3, -0.25) is 4.90 Å². The van der Waals surface area contributed by atoms with Gasteiger partial charge in [0.1, 0.15) is 12.4 Å². The van der Waals surface area contributed by atoms with Crippen molar-refractivity contribution >= 4 is 11.3 Å². The molecule has 0 aliphatic heterocycles. The largest absolute Gasteiger partial charge is 0.489 e. The monoisotopic (exact) mass is 471 g/mol. The predicted molar refractivity (Wildman–Crippen MR) is 147 cm³/mol. The summed E-state index contributed by atoms with van der Waals surface area (Å²) in [7, 11) is 0. The van der Waals surface area contributed by atoms with Crippen LogP contribution in [0.4, 0.5) is 0 Å². The van der Waals surface area contributed by atoms with Crippen molar-refractivity contribution in [3.8, 4) is 28.7 Å². The zero-order valence-electron chi connectivity index (χ0n) is 21.0. The van der Waals surface area contributed by atoms with Gasteiger partial charge < -0.3 is 4.74 Å². The van der Waals surface area contributed by atoms with E-state index in [2.05, 4.69) is 110 Å². The predicted octanol–water partition coefficient (Wildman–Crippen LogP) is 8.20. The normalized spacial score (nSPS) is 11.6. The number of hydrogen-bond acceptors (Lipinski definition) is 3. The summed E-state index contributed by atoms with van der Waals surface area (Å²) in [5.74, 6) is 7.36. The van der Waals surface area contributed by atoms with Gasteiger partial charge in [0.05, 0.1) is 0 Å². The summed E-state index contributed by atoms with van der Waals surface area (Å²) in [5, 5.41) is 4.29. The zero-order valence-corrected chi connectivity index (χ0v) is 21.8. The summed E-state index contributed by atoms with van der Waals surface area (Å²) in [5.41, 5.74) is 5.00. The second kappa shape index (κ2) is 13.2. The highest BCUT2D eigenvalue weighted by Gasteiger charge is 2.07. The van der Waals surface area contributed by atoms with Crippen LogP contribution in [0.15, 0.2) is 77.5 Å². The molecule has 0 radical (unpaired) electrons. The minimum atomic E-state index is 0.0396. The van der Waals surface area contributed by atoms with E-state index in [1.54, 1.807) is 11.3 Å². The number of unbranched alkanes of at least 4 members (excludes halogenated alkanes) is 1. The number of thiophene rings is 1. The number of nitrogens with zero attached hydrogens (tertiary/aromatic N) is 1. The van der Waals surface area contributed by atoms with Crippen LogP contribution in [-0.4, -0.2) is 18.0 Å². The van der Waals surface area contributed by atoms with Crippen LogP contribution in [0.25, 0.3) is 11.1 Å². The second-order valence-corrected chi connectivity index (χ2v) is 10.4. The molecule has 3 rings (SSSR count). The fourth-order valence-electron chi connectivity index (χ4n) is 3.56. The van der Waals surface area contributed by atoms with E-state index >= 15 is 0 Å². The van der Waals surface area contributed by atoms with Crippen molar-refractivity contribution in [3.05, 3.63) is 88.6 Å². The van der Waals surface area contributed by atoms with Gasteiger partial charge in [-0.15, -0.1) is 0 Å². The van der Waals surface area contributed by atoms with E-state index in [4.69, 9.17) is 4.74 Å². The van der Waals surface area contributed by atoms with Crippen LogP contribution in [0.5, 0.6) is 5.75 Å². The Morgan fingerprint density at radius 1 is 1.00 bits per heavy atom. The lowest BCUT2D eigenvalue weighted by molar-refractivity contribution is 0.286.